The lowest BCUT2D eigenvalue weighted by Crippen LogP contribution is -2.40. The fourth-order valence-corrected chi connectivity index (χ4v) is 3.89. The average Bonchev–Trinajstić information content (AvgIpc) is 3.13. The van der Waals surface area contributed by atoms with Gasteiger partial charge in [-0.25, -0.2) is 17.5 Å². The summed E-state index contributed by atoms with van der Waals surface area (Å²) in [6.45, 7) is 5.07. The van der Waals surface area contributed by atoms with Gasteiger partial charge in [0.25, 0.3) is 15.9 Å². The van der Waals surface area contributed by atoms with Crippen LogP contribution in [0.2, 0.25) is 0 Å². The molecule has 0 fully saturated rings. The molecule has 3 rings (SSSR count). The Morgan fingerprint density at radius 1 is 1.03 bits per heavy atom. The quantitative estimate of drug-likeness (QED) is 0.596. The van der Waals surface area contributed by atoms with E-state index in [4.69, 9.17) is 9.15 Å². The summed E-state index contributed by atoms with van der Waals surface area (Å²) in [5.74, 6) is -0.767. The van der Waals surface area contributed by atoms with E-state index in [9.17, 15) is 17.6 Å². The number of furan rings is 1. The van der Waals surface area contributed by atoms with Crippen molar-refractivity contribution in [2.24, 2.45) is 0 Å². The number of para-hydroxylation sites is 2. The minimum Gasteiger partial charge on any atom is -0.455 e. The SMILES string of the molecule is CC(C)(C)NS(=O)(=O)c1ccc(C(=O)Nc2ccccc2Oc2cccc(F)c2)o1. The minimum absolute atomic E-state index is 0.190. The third-order valence-corrected chi connectivity index (χ3v) is 5.30. The zero-order chi connectivity index (χ0) is 21.9. The number of ether oxygens (including phenoxy) is 1. The van der Waals surface area contributed by atoms with Gasteiger partial charge >= 0.3 is 0 Å². The van der Waals surface area contributed by atoms with Gasteiger partial charge in [-0.1, -0.05) is 18.2 Å². The smallest absolute Gasteiger partial charge is 0.291 e. The van der Waals surface area contributed by atoms with Crippen LogP contribution in [-0.4, -0.2) is 19.9 Å². The Hall–Kier alpha value is -3.17. The van der Waals surface area contributed by atoms with Gasteiger partial charge in [-0.3, -0.25) is 4.79 Å². The lowest BCUT2D eigenvalue weighted by Gasteiger charge is -2.19. The van der Waals surface area contributed by atoms with Crippen molar-refractivity contribution in [2.75, 3.05) is 5.32 Å². The van der Waals surface area contributed by atoms with Crippen molar-refractivity contribution in [3.8, 4) is 11.5 Å². The molecule has 0 spiro atoms. The van der Waals surface area contributed by atoms with Gasteiger partial charge < -0.3 is 14.5 Å². The summed E-state index contributed by atoms with van der Waals surface area (Å²) in [5.41, 5.74) is -0.401. The Morgan fingerprint density at radius 3 is 2.47 bits per heavy atom. The molecular weight excluding hydrogens is 411 g/mol. The molecule has 1 heterocycles. The van der Waals surface area contributed by atoms with E-state index >= 15 is 0 Å². The second kappa shape index (κ2) is 8.29. The van der Waals surface area contributed by atoms with E-state index in [2.05, 4.69) is 10.0 Å². The number of rotatable bonds is 6. The Balaban J connectivity index is 1.78. The maximum absolute atomic E-state index is 13.4. The second-order valence-electron chi connectivity index (χ2n) is 7.48. The summed E-state index contributed by atoms with van der Waals surface area (Å²) in [6, 6.07) is 14.6. The Morgan fingerprint density at radius 2 is 1.77 bits per heavy atom. The molecule has 0 saturated carbocycles. The highest BCUT2D eigenvalue weighted by Gasteiger charge is 2.26. The number of hydrogen-bond donors (Lipinski definition) is 2. The van der Waals surface area contributed by atoms with Crippen molar-refractivity contribution in [2.45, 2.75) is 31.4 Å². The molecule has 0 aliphatic heterocycles. The third-order valence-electron chi connectivity index (χ3n) is 3.67. The number of nitrogens with one attached hydrogen (secondary N) is 2. The lowest BCUT2D eigenvalue weighted by atomic mass is 10.1. The van der Waals surface area contributed by atoms with Crippen molar-refractivity contribution in [1.29, 1.82) is 0 Å². The summed E-state index contributed by atoms with van der Waals surface area (Å²) in [6.07, 6.45) is 0. The van der Waals surface area contributed by atoms with Gasteiger partial charge in [0, 0.05) is 11.6 Å². The van der Waals surface area contributed by atoms with Crippen molar-refractivity contribution in [3.05, 3.63) is 72.2 Å². The molecule has 0 radical (unpaired) electrons. The average molecular weight is 432 g/mol. The van der Waals surface area contributed by atoms with Crippen LogP contribution in [0.5, 0.6) is 11.5 Å². The molecule has 3 aromatic rings. The Kier molecular flexibility index (Phi) is 5.95. The molecule has 158 valence electrons. The van der Waals surface area contributed by atoms with Gasteiger partial charge in [0.15, 0.2) is 11.5 Å². The van der Waals surface area contributed by atoms with Crippen LogP contribution >= 0.6 is 0 Å². The van der Waals surface area contributed by atoms with Crippen LogP contribution in [0.4, 0.5) is 10.1 Å². The molecule has 0 aliphatic carbocycles. The first-order valence-electron chi connectivity index (χ1n) is 9.01. The van der Waals surface area contributed by atoms with E-state index in [1.807, 2.05) is 0 Å². The van der Waals surface area contributed by atoms with Gasteiger partial charge in [-0.05, 0) is 57.2 Å². The van der Waals surface area contributed by atoms with Crippen molar-refractivity contribution in [3.63, 3.8) is 0 Å². The summed E-state index contributed by atoms with van der Waals surface area (Å²) >= 11 is 0. The van der Waals surface area contributed by atoms with Crippen LogP contribution in [-0.2, 0) is 10.0 Å². The molecule has 2 aromatic carbocycles. The molecule has 30 heavy (non-hydrogen) atoms. The molecule has 9 heteroatoms. The number of carbonyl (C=O) groups excluding carboxylic acids is 1. The first-order valence-corrected chi connectivity index (χ1v) is 10.5. The van der Waals surface area contributed by atoms with Gasteiger partial charge in [-0.15, -0.1) is 0 Å². The fourth-order valence-electron chi connectivity index (χ4n) is 2.54. The fraction of sp³-hybridized carbons (Fsp3) is 0.190. The summed E-state index contributed by atoms with van der Waals surface area (Å²) in [4.78, 5) is 12.6. The van der Waals surface area contributed by atoms with E-state index < -0.39 is 27.3 Å². The van der Waals surface area contributed by atoms with E-state index in [0.717, 1.165) is 0 Å². The molecule has 7 nitrogen and oxygen atoms in total. The zero-order valence-electron chi connectivity index (χ0n) is 16.6. The Bertz CT molecular complexity index is 1170. The van der Waals surface area contributed by atoms with Crippen molar-refractivity contribution >= 4 is 21.6 Å². The van der Waals surface area contributed by atoms with Crippen LogP contribution in [0.25, 0.3) is 0 Å². The highest BCUT2D eigenvalue weighted by molar-refractivity contribution is 7.89. The maximum Gasteiger partial charge on any atom is 0.291 e. The number of sulfonamides is 1. The van der Waals surface area contributed by atoms with Crippen molar-refractivity contribution < 1.29 is 26.8 Å². The first kappa shape index (κ1) is 21.5. The highest BCUT2D eigenvalue weighted by Crippen LogP contribution is 2.30. The van der Waals surface area contributed by atoms with E-state index in [1.54, 1.807) is 51.1 Å². The van der Waals surface area contributed by atoms with Crippen LogP contribution in [0, 0.1) is 5.82 Å². The van der Waals surface area contributed by atoms with E-state index in [1.165, 1.54) is 30.3 Å². The van der Waals surface area contributed by atoms with Gasteiger partial charge in [0.2, 0.25) is 5.09 Å². The van der Waals surface area contributed by atoms with E-state index in [0.29, 0.717) is 5.69 Å². The molecule has 2 N–H and O–H groups in total. The molecule has 0 atom stereocenters. The molecule has 0 bridgehead atoms. The predicted molar refractivity (Wildman–Crippen MR) is 110 cm³/mol. The standard InChI is InChI=1S/C21H21FN2O5S/c1-21(2,3)24-30(26,27)19-12-11-18(29-19)20(25)23-16-9-4-5-10-17(16)28-15-8-6-7-14(22)13-15/h4-13,24H,1-3H3,(H,23,25). The molecule has 1 amide bonds. The second-order valence-corrected chi connectivity index (χ2v) is 9.10. The highest BCUT2D eigenvalue weighted by atomic mass is 32.2. The van der Waals surface area contributed by atoms with Gasteiger partial charge in [-0.2, -0.15) is 0 Å². The van der Waals surface area contributed by atoms with E-state index in [-0.39, 0.29) is 22.4 Å². The zero-order valence-corrected chi connectivity index (χ0v) is 17.4. The lowest BCUT2D eigenvalue weighted by molar-refractivity contribution is 0.0991. The number of hydrogen-bond acceptors (Lipinski definition) is 5. The number of anilines is 1. The van der Waals surface area contributed by atoms with Crippen molar-refractivity contribution in [1.82, 2.24) is 4.72 Å². The third kappa shape index (κ3) is 5.46. The predicted octanol–water partition coefficient (Wildman–Crippen LogP) is 4.54. The molecule has 0 aliphatic rings. The van der Waals surface area contributed by atoms with Gasteiger partial charge in [0.05, 0.1) is 5.69 Å². The monoisotopic (exact) mass is 432 g/mol. The Labute approximate surface area is 173 Å². The number of halogens is 1. The first-order chi connectivity index (χ1) is 14.0. The summed E-state index contributed by atoms with van der Waals surface area (Å²) in [5, 5.41) is 2.24. The number of benzene rings is 2. The molecule has 0 saturated heterocycles. The number of amides is 1. The normalized spacial score (nSPS) is 11.9. The van der Waals surface area contributed by atoms with Gasteiger partial charge in [0.1, 0.15) is 11.6 Å². The largest absolute Gasteiger partial charge is 0.455 e. The molecular formula is C21H21FN2O5S. The number of carbonyl (C=O) groups is 1. The molecule has 0 unspecified atom stereocenters. The van der Waals surface area contributed by atoms with Crippen LogP contribution in [0.1, 0.15) is 31.3 Å². The van der Waals surface area contributed by atoms with Crippen LogP contribution in [0.3, 0.4) is 0 Å². The van der Waals surface area contributed by atoms with Crippen LogP contribution in [0.15, 0.2) is 70.2 Å². The maximum atomic E-state index is 13.4. The minimum atomic E-state index is -3.91. The summed E-state index contributed by atoms with van der Waals surface area (Å²) in [7, 11) is -3.91. The summed E-state index contributed by atoms with van der Waals surface area (Å²) < 4.78 is 51.4. The van der Waals surface area contributed by atoms with Crippen LogP contribution < -0.4 is 14.8 Å². The topological polar surface area (TPSA) is 97.6 Å². The molecule has 1 aromatic heterocycles.